The number of allylic oxidation sites excluding steroid dienone is 2. The highest BCUT2D eigenvalue weighted by Gasteiger charge is 2.33. The number of nitrogens with zero attached hydrogens (tertiary/aromatic N) is 1. The number of aliphatic hydroxyl groups is 1. The number of hydrogen-bond donors (Lipinski definition) is 1. The molecule has 1 unspecified atom stereocenters. The van der Waals surface area contributed by atoms with Crippen molar-refractivity contribution in [3.63, 3.8) is 0 Å². The topological polar surface area (TPSA) is 49.8 Å². The van der Waals surface area contributed by atoms with Gasteiger partial charge in [0.05, 0.1) is 12.1 Å². The summed E-state index contributed by atoms with van der Waals surface area (Å²) in [6.45, 7) is 0.434. The van der Waals surface area contributed by atoms with E-state index in [1.807, 2.05) is 0 Å². The Kier molecular flexibility index (Phi) is 5.74. The summed E-state index contributed by atoms with van der Waals surface area (Å²) >= 11 is 0. The fourth-order valence-electron chi connectivity index (χ4n) is 3.68. The van der Waals surface area contributed by atoms with Crippen LogP contribution in [0.3, 0.4) is 0 Å². The van der Waals surface area contributed by atoms with Crippen molar-refractivity contribution in [1.29, 1.82) is 0 Å². The molecule has 0 saturated carbocycles. The average Bonchev–Trinajstić information content (AvgIpc) is 2.92. The highest BCUT2D eigenvalue weighted by molar-refractivity contribution is 5.99. The number of ether oxygens (including phenoxy) is 1. The van der Waals surface area contributed by atoms with Gasteiger partial charge in [0.15, 0.2) is 0 Å². The van der Waals surface area contributed by atoms with Crippen molar-refractivity contribution < 1.29 is 19.0 Å². The molecule has 1 aliphatic heterocycles. The smallest absolute Gasteiger partial charge is 0.254 e. The highest BCUT2D eigenvalue weighted by Crippen LogP contribution is 2.33. The molecule has 2 aliphatic rings. The molecule has 1 aliphatic carbocycles. The van der Waals surface area contributed by atoms with Gasteiger partial charge in [-0.2, -0.15) is 0 Å². The SMILES string of the molecule is O=C1c2cccc(OCCF)c2CN1CCC1(O)CC/C=C\CCC1. The molecular weight excluding hydrogens is 321 g/mol. The number of amides is 1. The van der Waals surface area contributed by atoms with Crippen LogP contribution < -0.4 is 4.74 Å². The number of rotatable bonds is 6. The van der Waals surface area contributed by atoms with Gasteiger partial charge < -0.3 is 14.7 Å². The van der Waals surface area contributed by atoms with Gasteiger partial charge in [0.2, 0.25) is 0 Å². The molecule has 0 aromatic heterocycles. The summed E-state index contributed by atoms with van der Waals surface area (Å²) in [4.78, 5) is 14.4. The molecule has 25 heavy (non-hydrogen) atoms. The minimum atomic E-state index is -0.701. The summed E-state index contributed by atoms with van der Waals surface area (Å²) in [5.74, 6) is 0.552. The molecule has 5 heteroatoms. The van der Waals surface area contributed by atoms with Crippen molar-refractivity contribution in [3.8, 4) is 5.75 Å². The molecule has 1 heterocycles. The normalized spacial score (nSPS) is 24.6. The van der Waals surface area contributed by atoms with Crippen molar-refractivity contribution in [2.75, 3.05) is 19.8 Å². The van der Waals surface area contributed by atoms with E-state index in [0.29, 0.717) is 30.8 Å². The van der Waals surface area contributed by atoms with E-state index in [1.165, 1.54) is 0 Å². The van der Waals surface area contributed by atoms with Crippen LogP contribution in [0.2, 0.25) is 0 Å². The van der Waals surface area contributed by atoms with Crippen molar-refractivity contribution in [1.82, 2.24) is 4.90 Å². The van der Waals surface area contributed by atoms with Crippen molar-refractivity contribution >= 4 is 5.91 Å². The molecule has 0 fully saturated rings. The average molecular weight is 347 g/mol. The summed E-state index contributed by atoms with van der Waals surface area (Å²) in [5.41, 5.74) is 0.755. The number of fused-ring (bicyclic) bond motifs is 1. The van der Waals surface area contributed by atoms with E-state index in [-0.39, 0.29) is 12.5 Å². The molecule has 0 bridgehead atoms. The molecule has 1 aromatic carbocycles. The van der Waals surface area contributed by atoms with Gasteiger partial charge in [-0.25, -0.2) is 4.39 Å². The first-order valence-corrected chi connectivity index (χ1v) is 9.10. The number of carbonyl (C=O) groups is 1. The van der Waals surface area contributed by atoms with Gasteiger partial charge in [0, 0.05) is 17.7 Å². The van der Waals surface area contributed by atoms with E-state index in [4.69, 9.17) is 4.74 Å². The van der Waals surface area contributed by atoms with Gasteiger partial charge in [-0.15, -0.1) is 0 Å². The van der Waals surface area contributed by atoms with Gasteiger partial charge in [-0.05, 0) is 50.7 Å². The number of benzene rings is 1. The van der Waals surface area contributed by atoms with Gasteiger partial charge in [-0.3, -0.25) is 4.79 Å². The molecule has 3 rings (SSSR count). The maximum Gasteiger partial charge on any atom is 0.254 e. The maximum absolute atomic E-state index is 12.6. The second kappa shape index (κ2) is 8.00. The molecule has 4 nitrogen and oxygen atoms in total. The number of hydrogen-bond acceptors (Lipinski definition) is 3. The molecule has 1 atom stereocenters. The van der Waals surface area contributed by atoms with Crippen LogP contribution in [0.4, 0.5) is 4.39 Å². The van der Waals surface area contributed by atoms with Gasteiger partial charge >= 0.3 is 0 Å². The second-order valence-corrected chi connectivity index (χ2v) is 6.92. The third kappa shape index (κ3) is 4.21. The van der Waals surface area contributed by atoms with Crippen LogP contribution in [-0.2, 0) is 6.54 Å². The Morgan fingerprint density at radius 2 is 2.08 bits per heavy atom. The standard InChI is InChI=1S/C20H26FNO3/c21-12-14-25-18-8-6-7-16-17(18)15-22(19(16)23)13-11-20(24)9-4-2-1-3-5-10-20/h1-2,6-8,24H,3-5,9-15H2/b2-1-. The van der Waals surface area contributed by atoms with Crippen LogP contribution in [0.25, 0.3) is 0 Å². The first-order chi connectivity index (χ1) is 12.1. The molecule has 1 amide bonds. The summed E-state index contributed by atoms with van der Waals surface area (Å²) in [7, 11) is 0. The highest BCUT2D eigenvalue weighted by atomic mass is 19.1. The van der Waals surface area contributed by atoms with Crippen LogP contribution >= 0.6 is 0 Å². The van der Waals surface area contributed by atoms with Crippen molar-refractivity contribution in [3.05, 3.63) is 41.5 Å². The van der Waals surface area contributed by atoms with Gasteiger partial charge in [0.25, 0.3) is 5.91 Å². The number of alkyl halides is 1. The lowest BCUT2D eigenvalue weighted by Crippen LogP contribution is -2.35. The number of halogens is 1. The van der Waals surface area contributed by atoms with Crippen LogP contribution in [-0.4, -0.2) is 41.3 Å². The molecule has 136 valence electrons. The third-order valence-electron chi connectivity index (χ3n) is 5.14. The minimum absolute atomic E-state index is 0.00207. The van der Waals surface area contributed by atoms with E-state index >= 15 is 0 Å². The lowest BCUT2D eigenvalue weighted by Gasteiger charge is -2.31. The zero-order chi connectivity index (χ0) is 17.7. The lowest BCUT2D eigenvalue weighted by atomic mass is 9.86. The zero-order valence-electron chi connectivity index (χ0n) is 14.5. The maximum atomic E-state index is 12.6. The Bertz CT molecular complexity index is 646. The largest absolute Gasteiger partial charge is 0.490 e. The van der Waals surface area contributed by atoms with Crippen LogP contribution in [0.15, 0.2) is 30.4 Å². The monoisotopic (exact) mass is 347 g/mol. The van der Waals surface area contributed by atoms with Crippen LogP contribution in [0, 0.1) is 0 Å². The van der Waals surface area contributed by atoms with E-state index in [1.54, 1.807) is 23.1 Å². The van der Waals surface area contributed by atoms with Crippen molar-refractivity contribution in [2.24, 2.45) is 0 Å². The predicted molar refractivity (Wildman–Crippen MR) is 94.4 cm³/mol. The summed E-state index contributed by atoms with van der Waals surface area (Å²) in [6, 6.07) is 5.33. The Hall–Kier alpha value is -1.88. The second-order valence-electron chi connectivity index (χ2n) is 6.92. The quantitative estimate of drug-likeness (QED) is 0.800. The molecule has 0 radical (unpaired) electrons. The van der Waals surface area contributed by atoms with Crippen molar-refractivity contribution in [2.45, 2.75) is 50.7 Å². The first kappa shape index (κ1) is 17.9. The predicted octanol–water partition coefficient (Wildman–Crippen LogP) is 3.63. The minimum Gasteiger partial charge on any atom is -0.490 e. The Morgan fingerprint density at radius 1 is 1.24 bits per heavy atom. The van der Waals surface area contributed by atoms with Crippen LogP contribution in [0.1, 0.15) is 54.4 Å². The summed E-state index contributed by atoms with van der Waals surface area (Å²) < 4.78 is 17.8. The Morgan fingerprint density at radius 3 is 2.92 bits per heavy atom. The molecule has 1 N–H and O–H groups in total. The number of carbonyl (C=O) groups excluding carboxylic acids is 1. The summed E-state index contributed by atoms with van der Waals surface area (Å²) in [5, 5.41) is 10.9. The Balaban J connectivity index is 1.64. The van der Waals surface area contributed by atoms with E-state index in [9.17, 15) is 14.3 Å². The van der Waals surface area contributed by atoms with E-state index in [2.05, 4.69) is 12.2 Å². The summed E-state index contributed by atoms with van der Waals surface area (Å²) in [6.07, 6.45) is 9.27. The van der Waals surface area contributed by atoms with Crippen LogP contribution in [0.5, 0.6) is 5.75 Å². The Labute approximate surface area is 148 Å². The van der Waals surface area contributed by atoms with Gasteiger partial charge in [0.1, 0.15) is 19.0 Å². The van der Waals surface area contributed by atoms with E-state index < -0.39 is 12.3 Å². The fraction of sp³-hybridized carbons (Fsp3) is 0.550. The molecule has 0 spiro atoms. The third-order valence-corrected chi connectivity index (χ3v) is 5.14. The zero-order valence-corrected chi connectivity index (χ0v) is 14.5. The molecular formula is C20H26FNO3. The molecule has 1 aromatic rings. The fourth-order valence-corrected chi connectivity index (χ4v) is 3.68. The first-order valence-electron chi connectivity index (χ1n) is 9.10. The lowest BCUT2D eigenvalue weighted by molar-refractivity contribution is 0.00469. The molecule has 0 saturated heterocycles. The van der Waals surface area contributed by atoms with E-state index in [0.717, 1.165) is 37.7 Å². The van der Waals surface area contributed by atoms with Gasteiger partial charge in [-0.1, -0.05) is 18.2 Å².